The second-order valence-corrected chi connectivity index (χ2v) is 4.25. The van der Waals surface area contributed by atoms with Crippen molar-refractivity contribution in [3.8, 4) is 0 Å². The molecule has 0 radical (unpaired) electrons. The highest BCUT2D eigenvalue weighted by atomic mass is 16.4. The van der Waals surface area contributed by atoms with Gasteiger partial charge in [-0.05, 0) is 20.3 Å². The van der Waals surface area contributed by atoms with Crippen LogP contribution in [-0.4, -0.2) is 35.1 Å². The van der Waals surface area contributed by atoms with Crippen LogP contribution < -0.4 is 16.8 Å². The van der Waals surface area contributed by atoms with Crippen LogP contribution in [0.5, 0.6) is 0 Å². The van der Waals surface area contributed by atoms with E-state index in [1.807, 2.05) is 0 Å². The lowest BCUT2D eigenvalue weighted by Gasteiger charge is -2.17. The molecule has 0 aliphatic carbocycles. The summed E-state index contributed by atoms with van der Waals surface area (Å²) in [6.07, 6.45) is 0.418. The lowest BCUT2D eigenvalue weighted by atomic mass is 10.0. The number of carbonyl (C=O) groups excluding carboxylic acids is 1. The van der Waals surface area contributed by atoms with Gasteiger partial charge < -0.3 is 21.9 Å². The van der Waals surface area contributed by atoms with Gasteiger partial charge in [-0.3, -0.25) is 9.59 Å². The smallest absolute Gasteiger partial charge is 0.320 e. The van der Waals surface area contributed by atoms with Crippen LogP contribution in [0.15, 0.2) is 0 Å². The molecule has 0 saturated carbocycles. The normalized spacial score (nSPS) is 13.3. The first-order valence-electron chi connectivity index (χ1n) is 4.76. The second kappa shape index (κ2) is 5.67. The zero-order chi connectivity index (χ0) is 12.1. The molecule has 88 valence electrons. The summed E-state index contributed by atoms with van der Waals surface area (Å²) in [4.78, 5) is 21.6. The molecule has 0 rings (SSSR count). The maximum Gasteiger partial charge on any atom is 0.320 e. The molecule has 0 aromatic rings. The van der Waals surface area contributed by atoms with Crippen molar-refractivity contribution < 1.29 is 14.7 Å². The highest BCUT2D eigenvalue weighted by molar-refractivity contribution is 5.77. The summed E-state index contributed by atoms with van der Waals surface area (Å²) in [7, 11) is 0. The van der Waals surface area contributed by atoms with Crippen molar-refractivity contribution in [3.05, 3.63) is 0 Å². The molecule has 0 aliphatic rings. The number of hydrogen-bond donors (Lipinski definition) is 4. The quantitative estimate of drug-likeness (QED) is 0.456. The molecular weight excluding hydrogens is 198 g/mol. The van der Waals surface area contributed by atoms with Crippen LogP contribution in [0, 0.1) is 0 Å². The summed E-state index contributed by atoms with van der Waals surface area (Å²) in [5.41, 5.74) is 10.3. The summed E-state index contributed by atoms with van der Waals surface area (Å²) >= 11 is 0. The topological polar surface area (TPSA) is 118 Å². The third-order valence-corrected chi connectivity index (χ3v) is 1.71. The van der Waals surface area contributed by atoms with Crippen molar-refractivity contribution in [2.24, 2.45) is 11.5 Å². The fraction of sp³-hybridized carbons (Fsp3) is 0.778. The Morgan fingerprint density at radius 3 is 2.40 bits per heavy atom. The fourth-order valence-electron chi connectivity index (χ4n) is 0.967. The van der Waals surface area contributed by atoms with Crippen molar-refractivity contribution in [2.45, 2.75) is 38.3 Å². The van der Waals surface area contributed by atoms with Gasteiger partial charge in [0, 0.05) is 18.5 Å². The molecule has 0 aliphatic heterocycles. The lowest BCUT2D eigenvalue weighted by molar-refractivity contribution is -0.138. The minimum absolute atomic E-state index is 0.194. The van der Waals surface area contributed by atoms with Gasteiger partial charge in [-0.25, -0.2) is 0 Å². The second-order valence-electron chi connectivity index (χ2n) is 4.25. The number of aliphatic carboxylic acids is 1. The molecule has 0 heterocycles. The van der Waals surface area contributed by atoms with E-state index < -0.39 is 17.6 Å². The average Bonchev–Trinajstić information content (AvgIpc) is 2.00. The number of rotatable bonds is 6. The number of hydrogen-bond acceptors (Lipinski definition) is 4. The molecule has 0 bridgehead atoms. The number of nitrogens with one attached hydrogen (secondary N) is 1. The maximum atomic E-state index is 11.2. The van der Waals surface area contributed by atoms with E-state index in [1.165, 1.54) is 0 Å². The highest BCUT2D eigenvalue weighted by Gasteiger charge is 2.16. The average molecular weight is 217 g/mol. The van der Waals surface area contributed by atoms with Crippen molar-refractivity contribution in [3.63, 3.8) is 0 Å². The van der Waals surface area contributed by atoms with Crippen molar-refractivity contribution >= 4 is 11.9 Å². The van der Waals surface area contributed by atoms with Gasteiger partial charge in [0.05, 0.1) is 0 Å². The standard InChI is InChI=1S/C9H19N3O3/c1-9(2,11)5-7(13)12-4-3-6(10)8(14)15/h6H,3-5,10-11H2,1-2H3,(H,12,13)(H,14,15)/t6-/m0/s1. The molecule has 0 saturated heterocycles. The van der Waals surface area contributed by atoms with Gasteiger partial charge in [-0.2, -0.15) is 0 Å². The molecule has 1 atom stereocenters. The molecule has 0 aromatic carbocycles. The van der Waals surface area contributed by atoms with Crippen LogP contribution in [0.4, 0.5) is 0 Å². The van der Waals surface area contributed by atoms with Gasteiger partial charge in [-0.15, -0.1) is 0 Å². The minimum atomic E-state index is -1.07. The number of nitrogens with two attached hydrogens (primary N) is 2. The number of carboxylic acids is 1. The van der Waals surface area contributed by atoms with Gasteiger partial charge >= 0.3 is 5.97 Å². The summed E-state index contributed by atoms with van der Waals surface area (Å²) in [6.45, 7) is 3.74. The van der Waals surface area contributed by atoms with E-state index in [-0.39, 0.29) is 25.3 Å². The van der Waals surface area contributed by atoms with E-state index in [9.17, 15) is 9.59 Å². The van der Waals surface area contributed by atoms with Crippen LogP contribution in [0.2, 0.25) is 0 Å². The first-order chi connectivity index (χ1) is 6.72. The Balaban J connectivity index is 3.69. The Kier molecular flexibility index (Phi) is 5.24. The molecule has 6 heteroatoms. The Morgan fingerprint density at radius 1 is 1.47 bits per heavy atom. The van der Waals surface area contributed by atoms with E-state index in [0.717, 1.165) is 0 Å². The lowest BCUT2D eigenvalue weighted by Crippen LogP contribution is -2.40. The molecule has 6 N–H and O–H groups in total. The molecule has 0 spiro atoms. The Bertz CT molecular complexity index is 235. The maximum absolute atomic E-state index is 11.2. The predicted octanol–water partition coefficient (Wildman–Crippen LogP) is -0.968. The van der Waals surface area contributed by atoms with Gasteiger partial charge in [0.1, 0.15) is 6.04 Å². The van der Waals surface area contributed by atoms with Crippen LogP contribution in [0.25, 0.3) is 0 Å². The first kappa shape index (κ1) is 13.9. The van der Waals surface area contributed by atoms with Crippen molar-refractivity contribution in [1.29, 1.82) is 0 Å². The minimum Gasteiger partial charge on any atom is -0.480 e. The van der Waals surface area contributed by atoms with Crippen molar-refractivity contribution in [1.82, 2.24) is 5.32 Å². The Labute approximate surface area is 89.0 Å². The molecule has 1 amide bonds. The summed E-state index contributed by atoms with van der Waals surface area (Å²) in [5, 5.41) is 11.0. The third-order valence-electron chi connectivity index (χ3n) is 1.71. The third kappa shape index (κ3) is 7.90. The van der Waals surface area contributed by atoms with Crippen molar-refractivity contribution in [2.75, 3.05) is 6.54 Å². The fourth-order valence-corrected chi connectivity index (χ4v) is 0.967. The van der Waals surface area contributed by atoms with Gasteiger partial charge in [0.15, 0.2) is 0 Å². The predicted molar refractivity (Wildman–Crippen MR) is 56.1 cm³/mol. The zero-order valence-electron chi connectivity index (χ0n) is 9.12. The number of carbonyl (C=O) groups is 2. The van der Waals surface area contributed by atoms with Gasteiger partial charge in [0.2, 0.25) is 5.91 Å². The van der Waals surface area contributed by atoms with Crippen LogP contribution in [0.3, 0.4) is 0 Å². The molecule has 15 heavy (non-hydrogen) atoms. The highest BCUT2D eigenvalue weighted by Crippen LogP contribution is 2.02. The van der Waals surface area contributed by atoms with E-state index in [1.54, 1.807) is 13.8 Å². The largest absolute Gasteiger partial charge is 0.480 e. The van der Waals surface area contributed by atoms with Gasteiger partial charge in [0.25, 0.3) is 0 Å². The number of amides is 1. The van der Waals surface area contributed by atoms with Gasteiger partial charge in [-0.1, -0.05) is 0 Å². The van der Waals surface area contributed by atoms with E-state index in [2.05, 4.69) is 5.32 Å². The van der Waals surface area contributed by atoms with E-state index >= 15 is 0 Å². The SMILES string of the molecule is CC(C)(N)CC(=O)NCC[C@H](N)C(=O)O. The Morgan fingerprint density at radius 2 is 2.00 bits per heavy atom. The van der Waals surface area contributed by atoms with E-state index in [0.29, 0.717) is 0 Å². The van der Waals surface area contributed by atoms with E-state index in [4.69, 9.17) is 16.6 Å². The molecule has 0 fully saturated rings. The summed E-state index contributed by atoms with van der Waals surface area (Å²) < 4.78 is 0. The molecule has 0 aromatic heterocycles. The monoisotopic (exact) mass is 217 g/mol. The first-order valence-corrected chi connectivity index (χ1v) is 4.76. The molecule has 0 unspecified atom stereocenters. The van der Waals surface area contributed by atoms with Crippen LogP contribution in [-0.2, 0) is 9.59 Å². The molecular formula is C9H19N3O3. The van der Waals surface area contributed by atoms with Crippen LogP contribution in [0.1, 0.15) is 26.7 Å². The summed E-state index contributed by atoms with van der Waals surface area (Å²) in [6, 6.07) is -0.934. The molecule has 6 nitrogen and oxygen atoms in total. The summed E-state index contributed by atoms with van der Waals surface area (Å²) in [5.74, 6) is -1.26. The Hall–Kier alpha value is -1.14. The van der Waals surface area contributed by atoms with Crippen LogP contribution >= 0.6 is 0 Å². The number of carboxylic acid groups (broad SMARTS) is 1. The zero-order valence-corrected chi connectivity index (χ0v) is 9.12.